The molecule has 2 rings (SSSR count). The second-order valence-electron chi connectivity index (χ2n) is 4.32. The van der Waals surface area contributed by atoms with Gasteiger partial charge in [-0.3, -0.25) is 9.89 Å². The highest BCUT2D eigenvalue weighted by atomic mass is 16.4. The summed E-state index contributed by atoms with van der Waals surface area (Å²) in [4.78, 5) is 14.8. The Morgan fingerprint density at radius 2 is 2.17 bits per heavy atom. The first-order chi connectivity index (χ1) is 8.56. The lowest BCUT2D eigenvalue weighted by molar-refractivity contribution is -0.137. The third-order valence-corrected chi connectivity index (χ3v) is 2.73. The van der Waals surface area contributed by atoms with Crippen molar-refractivity contribution in [3.8, 4) is 11.4 Å². The van der Waals surface area contributed by atoms with E-state index in [0.29, 0.717) is 18.1 Å². The summed E-state index contributed by atoms with van der Waals surface area (Å²) in [6.45, 7) is 4.04. The maximum Gasteiger partial charge on any atom is 0.303 e. The van der Waals surface area contributed by atoms with Gasteiger partial charge in [0.25, 0.3) is 0 Å². The minimum absolute atomic E-state index is 0.0571. The third kappa shape index (κ3) is 2.74. The average molecular weight is 245 g/mol. The summed E-state index contributed by atoms with van der Waals surface area (Å²) in [5, 5.41) is 15.5. The number of H-pyrrole nitrogens is 1. The zero-order valence-electron chi connectivity index (χ0n) is 10.4. The highest BCUT2D eigenvalue weighted by molar-refractivity contribution is 5.67. The van der Waals surface area contributed by atoms with Crippen LogP contribution in [0.3, 0.4) is 0 Å². The van der Waals surface area contributed by atoms with Crippen molar-refractivity contribution in [1.82, 2.24) is 15.2 Å². The second kappa shape index (κ2) is 5.00. The largest absolute Gasteiger partial charge is 0.481 e. The summed E-state index contributed by atoms with van der Waals surface area (Å²) in [6, 6.07) is 6.06. The zero-order chi connectivity index (χ0) is 13.1. The molecule has 0 bridgehead atoms. The lowest BCUT2D eigenvalue weighted by Gasteiger charge is -2.01. The first kappa shape index (κ1) is 12.3. The Labute approximate surface area is 105 Å². The number of aromatic amines is 1. The van der Waals surface area contributed by atoms with E-state index in [1.807, 2.05) is 26.0 Å². The lowest BCUT2D eigenvalue weighted by Crippen LogP contribution is -1.98. The predicted molar refractivity (Wildman–Crippen MR) is 67.2 cm³/mol. The van der Waals surface area contributed by atoms with E-state index >= 15 is 0 Å². The highest BCUT2D eigenvalue weighted by Crippen LogP contribution is 2.20. The van der Waals surface area contributed by atoms with E-state index in [0.717, 1.165) is 11.1 Å². The molecule has 0 spiro atoms. The van der Waals surface area contributed by atoms with E-state index in [1.54, 1.807) is 0 Å². The molecule has 0 radical (unpaired) electrons. The van der Waals surface area contributed by atoms with E-state index in [9.17, 15) is 4.79 Å². The Hall–Kier alpha value is -2.17. The van der Waals surface area contributed by atoms with Crippen molar-refractivity contribution in [1.29, 1.82) is 0 Å². The molecule has 0 aliphatic rings. The van der Waals surface area contributed by atoms with Crippen LogP contribution in [0.4, 0.5) is 0 Å². The number of hydrogen-bond donors (Lipinski definition) is 2. The number of rotatable bonds is 4. The van der Waals surface area contributed by atoms with Crippen LogP contribution in [0, 0.1) is 13.8 Å². The van der Waals surface area contributed by atoms with E-state index < -0.39 is 5.97 Å². The average Bonchev–Trinajstić information content (AvgIpc) is 2.75. The maximum atomic E-state index is 10.5. The van der Waals surface area contributed by atoms with Crippen LogP contribution in [0.5, 0.6) is 0 Å². The van der Waals surface area contributed by atoms with E-state index in [-0.39, 0.29) is 6.42 Å². The van der Waals surface area contributed by atoms with Crippen molar-refractivity contribution in [2.45, 2.75) is 26.7 Å². The van der Waals surface area contributed by atoms with Gasteiger partial charge >= 0.3 is 5.97 Å². The molecule has 5 nitrogen and oxygen atoms in total. The van der Waals surface area contributed by atoms with Crippen LogP contribution < -0.4 is 0 Å². The first-order valence-corrected chi connectivity index (χ1v) is 5.77. The Morgan fingerprint density at radius 1 is 1.39 bits per heavy atom. The van der Waals surface area contributed by atoms with Crippen molar-refractivity contribution < 1.29 is 9.90 Å². The van der Waals surface area contributed by atoms with E-state index in [1.165, 1.54) is 5.56 Å². The summed E-state index contributed by atoms with van der Waals surface area (Å²) in [5.41, 5.74) is 3.27. The quantitative estimate of drug-likeness (QED) is 0.864. The molecule has 1 aromatic carbocycles. The van der Waals surface area contributed by atoms with Gasteiger partial charge in [-0.15, -0.1) is 0 Å². The summed E-state index contributed by atoms with van der Waals surface area (Å²) in [6.07, 6.45) is 0.425. The van der Waals surface area contributed by atoms with Crippen LogP contribution in [0.2, 0.25) is 0 Å². The number of carboxylic acids is 1. The van der Waals surface area contributed by atoms with Gasteiger partial charge < -0.3 is 5.11 Å². The fourth-order valence-electron chi connectivity index (χ4n) is 1.82. The second-order valence-corrected chi connectivity index (χ2v) is 4.32. The number of carbonyl (C=O) groups is 1. The number of aliphatic carboxylic acids is 1. The molecular weight excluding hydrogens is 230 g/mol. The predicted octanol–water partition coefficient (Wildman–Crippen LogP) is 2.11. The fourth-order valence-corrected chi connectivity index (χ4v) is 1.82. The highest BCUT2D eigenvalue weighted by Gasteiger charge is 2.09. The minimum Gasteiger partial charge on any atom is -0.481 e. The van der Waals surface area contributed by atoms with Crippen LogP contribution in [0.15, 0.2) is 18.2 Å². The number of benzene rings is 1. The first-order valence-electron chi connectivity index (χ1n) is 5.77. The number of nitrogens with zero attached hydrogens (tertiary/aromatic N) is 2. The molecule has 0 saturated heterocycles. The Bertz CT molecular complexity index is 575. The fraction of sp³-hybridized carbons (Fsp3) is 0.308. The topological polar surface area (TPSA) is 78.9 Å². The number of aryl methyl sites for hydroxylation is 3. The molecule has 0 fully saturated rings. The number of nitrogens with one attached hydrogen (secondary N) is 1. The smallest absolute Gasteiger partial charge is 0.303 e. The van der Waals surface area contributed by atoms with Gasteiger partial charge in [0.15, 0.2) is 5.82 Å². The zero-order valence-corrected chi connectivity index (χ0v) is 10.4. The Balaban J connectivity index is 2.21. The maximum absolute atomic E-state index is 10.5. The molecule has 1 aromatic heterocycles. The molecule has 0 unspecified atom stereocenters. The van der Waals surface area contributed by atoms with Crippen LogP contribution in [-0.4, -0.2) is 26.3 Å². The van der Waals surface area contributed by atoms with Crippen LogP contribution >= 0.6 is 0 Å². The molecule has 1 heterocycles. The molecular formula is C13H15N3O2. The van der Waals surface area contributed by atoms with Gasteiger partial charge in [-0.25, -0.2) is 4.98 Å². The SMILES string of the molecule is Cc1ccc(-c2n[nH]c(CCC(=O)O)n2)c(C)c1. The third-order valence-electron chi connectivity index (χ3n) is 2.73. The summed E-state index contributed by atoms with van der Waals surface area (Å²) >= 11 is 0. The normalized spacial score (nSPS) is 10.6. The summed E-state index contributed by atoms with van der Waals surface area (Å²) < 4.78 is 0. The Kier molecular flexibility index (Phi) is 3.41. The Morgan fingerprint density at radius 3 is 2.83 bits per heavy atom. The van der Waals surface area contributed by atoms with Gasteiger partial charge in [-0.2, -0.15) is 5.10 Å². The molecule has 2 N–H and O–H groups in total. The molecule has 18 heavy (non-hydrogen) atoms. The van der Waals surface area contributed by atoms with Gasteiger partial charge in [0.2, 0.25) is 0 Å². The standard InChI is InChI=1S/C13H15N3O2/c1-8-3-4-10(9(2)7-8)13-14-11(15-16-13)5-6-12(17)18/h3-4,7H,5-6H2,1-2H3,(H,17,18)(H,14,15,16). The van der Waals surface area contributed by atoms with E-state index in [4.69, 9.17) is 5.11 Å². The molecule has 0 aliphatic heterocycles. The van der Waals surface area contributed by atoms with Crippen LogP contribution in [-0.2, 0) is 11.2 Å². The number of aromatic nitrogens is 3. The molecule has 0 atom stereocenters. The van der Waals surface area contributed by atoms with Crippen molar-refractivity contribution >= 4 is 5.97 Å². The monoisotopic (exact) mass is 245 g/mol. The van der Waals surface area contributed by atoms with Gasteiger partial charge in [0.05, 0.1) is 6.42 Å². The molecule has 5 heteroatoms. The summed E-state index contributed by atoms with van der Waals surface area (Å²) in [7, 11) is 0. The van der Waals surface area contributed by atoms with Gasteiger partial charge in [-0.05, 0) is 19.4 Å². The van der Waals surface area contributed by atoms with Crippen LogP contribution in [0.25, 0.3) is 11.4 Å². The minimum atomic E-state index is -0.834. The number of carboxylic acid groups (broad SMARTS) is 1. The lowest BCUT2D eigenvalue weighted by atomic mass is 10.1. The molecule has 94 valence electrons. The summed E-state index contributed by atoms with van der Waals surface area (Å²) in [5.74, 6) is 0.389. The number of hydrogen-bond acceptors (Lipinski definition) is 3. The molecule has 0 saturated carbocycles. The van der Waals surface area contributed by atoms with Crippen molar-refractivity contribution in [3.05, 3.63) is 35.2 Å². The van der Waals surface area contributed by atoms with E-state index in [2.05, 4.69) is 21.2 Å². The molecule has 0 amide bonds. The van der Waals surface area contributed by atoms with Gasteiger partial charge in [-0.1, -0.05) is 23.8 Å². The van der Waals surface area contributed by atoms with Crippen LogP contribution in [0.1, 0.15) is 23.4 Å². The van der Waals surface area contributed by atoms with Crippen molar-refractivity contribution in [3.63, 3.8) is 0 Å². The molecule has 2 aromatic rings. The van der Waals surface area contributed by atoms with Crippen molar-refractivity contribution in [2.24, 2.45) is 0 Å². The van der Waals surface area contributed by atoms with Gasteiger partial charge in [0.1, 0.15) is 5.82 Å². The van der Waals surface area contributed by atoms with Crippen molar-refractivity contribution in [2.75, 3.05) is 0 Å². The molecule has 0 aliphatic carbocycles. The van der Waals surface area contributed by atoms with Gasteiger partial charge in [0, 0.05) is 12.0 Å².